The first-order valence-electron chi connectivity index (χ1n) is 7.60. The number of hydrogen-bond donors (Lipinski definition) is 2. The zero-order valence-electron chi connectivity index (χ0n) is 12.3. The van der Waals surface area contributed by atoms with Crippen molar-refractivity contribution in [3.63, 3.8) is 0 Å². The van der Waals surface area contributed by atoms with Gasteiger partial charge in [0.2, 0.25) is 5.91 Å². The first-order valence-corrected chi connectivity index (χ1v) is 7.60. The third-order valence-electron chi connectivity index (χ3n) is 4.68. The van der Waals surface area contributed by atoms with Gasteiger partial charge in [0.25, 0.3) is 0 Å². The molecule has 0 aliphatic carbocycles. The van der Waals surface area contributed by atoms with E-state index in [1.807, 2.05) is 6.07 Å². The lowest BCUT2D eigenvalue weighted by molar-refractivity contribution is -0.116. The van der Waals surface area contributed by atoms with Crippen LogP contribution in [0.4, 0.5) is 17.1 Å². The second-order valence-electron chi connectivity index (χ2n) is 6.01. The smallest absolute Gasteiger partial charge is 0.224 e. The molecule has 0 spiro atoms. The van der Waals surface area contributed by atoms with Gasteiger partial charge in [-0.25, -0.2) is 0 Å². The fourth-order valence-electron chi connectivity index (χ4n) is 3.57. The highest BCUT2D eigenvalue weighted by molar-refractivity contribution is 5.95. The predicted molar refractivity (Wildman–Crippen MR) is 83.1 cm³/mol. The molecule has 20 heavy (non-hydrogen) atoms. The van der Waals surface area contributed by atoms with Gasteiger partial charge in [0.05, 0.1) is 11.4 Å². The van der Waals surface area contributed by atoms with Crippen LogP contribution in [0.2, 0.25) is 0 Å². The first-order chi connectivity index (χ1) is 9.60. The summed E-state index contributed by atoms with van der Waals surface area (Å²) in [5.41, 5.74) is 10.3. The summed E-state index contributed by atoms with van der Waals surface area (Å²) in [6.07, 6.45) is 4.91. The molecule has 1 fully saturated rings. The van der Waals surface area contributed by atoms with E-state index in [0.717, 1.165) is 35.5 Å². The van der Waals surface area contributed by atoms with E-state index in [1.165, 1.54) is 12.8 Å². The van der Waals surface area contributed by atoms with Crippen molar-refractivity contribution < 1.29 is 4.79 Å². The Labute approximate surface area is 120 Å². The third-order valence-corrected chi connectivity index (χ3v) is 4.68. The predicted octanol–water partition coefficient (Wildman–Crippen LogP) is 2.92. The summed E-state index contributed by atoms with van der Waals surface area (Å²) < 4.78 is 0. The van der Waals surface area contributed by atoms with Crippen LogP contribution in [0, 0.1) is 0 Å². The van der Waals surface area contributed by atoms with Crippen LogP contribution in [0.3, 0.4) is 0 Å². The van der Waals surface area contributed by atoms with Crippen molar-refractivity contribution in [1.29, 1.82) is 0 Å². The Balaban J connectivity index is 2.01. The third kappa shape index (κ3) is 2.13. The van der Waals surface area contributed by atoms with Crippen LogP contribution in [0.15, 0.2) is 12.1 Å². The van der Waals surface area contributed by atoms with Crippen molar-refractivity contribution in [2.24, 2.45) is 0 Å². The number of amides is 1. The van der Waals surface area contributed by atoms with Crippen molar-refractivity contribution in [2.75, 3.05) is 16.0 Å². The Morgan fingerprint density at radius 2 is 2.15 bits per heavy atom. The Morgan fingerprint density at radius 3 is 2.90 bits per heavy atom. The highest BCUT2D eigenvalue weighted by Gasteiger charge is 2.31. The largest absolute Gasteiger partial charge is 0.397 e. The zero-order valence-corrected chi connectivity index (χ0v) is 12.3. The van der Waals surface area contributed by atoms with Crippen LogP contribution in [0.25, 0.3) is 0 Å². The minimum Gasteiger partial charge on any atom is -0.397 e. The fraction of sp³-hybridized carbons (Fsp3) is 0.562. The number of hydrogen-bond acceptors (Lipinski definition) is 3. The Kier molecular flexibility index (Phi) is 3.32. The van der Waals surface area contributed by atoms with Gasteiger partial charge in [0.1, 0.15) is 0 Å². The minimum atomic E-state index is 0.106. The van der Waals surface area contributed by atoms with E-state index in [1.54, 1.807) is 0 Å². The van der Waals surface area contributed by atoms with Crippen molar-refractivity contribution in [3.8, 4) is 0 Å². The van der Waals surface area contributed by atoms with Gasteiger partial charge in [0, 0.05) is 24.2 Å². The summed E-state index contributed by atoms with van der Waals surface area (Å²) in [7, 11) is 0. The van der Waals surface area contributed by atoms with Crippen molar-refractivity contribution in [1.82, 2.24) is 0 Å². The molecule has 108 valence electrons. The van der Waals surface area contributed by atoms with E-state index in [2.05, 4.69) is 30.1 Å². The van der Waals surface area contributed by atoms with Crippen molar-refractivity contribution in [2.45, 2.75) is 58.0 Å². The zero-order chi connectivity index (χ0) is 14.3. The van der Waals surface area contributed by atoms with Crippen molar-refractivity contribution in [3.05, 3.63) is 17.7 Å². The summed E-state index contributed by atoms with van der Waals surface area (Å²) in [5.74, 6) is 0.106. The Morgan fingerprint density at radius 1 is 1.35 bits per heavy atom. The van der Waals surface area contributed by atoms with Crippen LogP contribution in [0.5, 0.6) is 0 Å². The average Bonchev–Trinajstić information content (AvgIpc) is 2.79. The second kappa shape index (κ2) is 5.00. The average molecular weight is 273 g/mol. The summed E-state index contributed by atoms with van der Waals surface area (Å²) in [4.78, 5) is 14.0. The highest BCUT2D eigenvalue weighted by atomic mass is 16.1. The van der Waals surface area contributed by atoms with E-state index in [9.17, 15) is 4.79 Å². The summed E-state index contributed by atoms with van der Waals surface area (Å²) in [6, 6.07) is 5.19. The van der Waals surface area contributed by atoms with Gasteiger partial charge < -0.3 is 16.0 Å². The topological polar surface area (TPSA) is 58.4 Å². The molecule has 2 unspecified atom stereocenters. The minimum absolute atomic E-state index is 0.106. The van der Waals surface area contributed by atoms with E-state index in [4.69, 9.17) is 5.73 Å². The molecule has 4 nitrogen and oxygen atoms in total. The Hall–Kier alpha value is -1.71. The van der Waals surface area contributed by atoms with Gasteiger partial charge in [-0.15, -0.1) is 0 Å². The molecular weight excluding hydrogens is 250 g/mol. The number of rotatable bonds is 2. The SMILES string of the molecule is CCC1CCC(C)N1c1cc2c(cc1N)CCC(=O)N2. The molecule has 2 aliphatic heterocycles. The summed E-state index contributed by atoms with van der Waals surface area (Å²) in [6.45, 7) is 4.49. The number of benzene rings is 1. The molecule has 0 aromatic heterocycles. The molecule has 1 saturated heterocycles. The van der Waals surface area contributed by atoms with Gasteiger partial charge in [-0.2, -0.15) is 0 Å². The van der Waals surface area contributed by atoms with Gasteiger partial charge in [-0.05, 0) is 50.3 Å². The maximum absolute atomic E-state index is 11.6. The lowest BCUT2D eigenvalue weighted by Crippen LogP contribution is -2.35. The number of nitrogens with one attached hydrogen (secondary N) is 1. The fourth-order valence-corrected chi connectivity index (χ4v) is 3.57. The second-order valence-corrected chi connectivity index (χ2v) is 6.01. The molecule has 0 bridgehead atoms. The van der Waals surface area contributed by atoms with E-state index >= 15 is 0 Å². The lowest BCUT2D eigenvalue weighted by Gasteiger charge is -2.32. The molecule has 1 aromatic rings. The number of carbonyl (C=O) groups is 1. The molecule has 2 aliphatic rings. The molecule has 2 atom stereocenters. The Bertz CT molecular complexity index is 541. The van der Waals surface area contributed by atoms with Gasteiger partial charge in [-0.3, -0.25) is 4.79 Å². The van der Waals surface area contributed by atoms with Crippen LogP contribution < -0.4 is 16.0 Å². The molecule has 3 N–H and O–H groups in total. The number of aryl methyl sites for hydroxylation is 1. The highest BCUT2D eigenvalue weighted by Crippen LogP contribution is 2.39. The van der Waals surface area contributed by atoms with Gasteiger partial charge in [0.15, 0.2) is 0 Å². The number of anilines is 3. The normalized spacial score (nSPS) is 25.5. The summed E-state index contributed by atoms with van der Waals surface area (Å²) >= 11 is 0. The number of fused-ring (bicyclic) bond motifs is 1. The van der Waals surface area contributed by atoms with E-state index in [0.29, 0.717) is 18.5 Å². The molecule has 2 heterocycles. The maximum Gasteiger partial charge on any atom is 0.224 e. The lowest BCUT2D eigenvalue weighted by atomic mass is 10.0. The monoisotopic (exact) mass is 273 g/mol. The quantitative estimate of drug-likeness (QED) is 0.815. The van der Waals surface area contributed by atoms with Crippen LogP contribution in [0.1, 0.15) is 45.1 Å². The number of nitrogens with two attached hydrogens (primary N) is 1. The van der Waals surface area contributed by atoms with Gasteiger partial charge >= 0.3 is 0 Å². The van der Waals surface area contributed by atoms with Crippen molar-refractivity contribution >= 4 is 23.0 Å². The molecule has 1 amide bonds. The van der Waals surface area contributed by atoms with E-state index < -0.39 is 0 Å². The van der Waals surface area contributed by atoms with Gasteiger partial charge in [-0.1, -0.05) is 6.92 Å². The molecular formula is C16H23N3O. The van der Waals surface area contributed by atoms with Crippen LogP contribution >= 0.6 is 0 Å². The molecule has 3 rings (SSSR count). The number of nitrogens with zero attached hydrogens (tertiary/aromatic N) is 1. The number of nitrogen functional groups attached to an aromatic ring is 1. The molecule has 1 aromatic carbocycles. The molecule has 0 saturated carbocycles. The molecule has 4 heteroatoms. The van der Waals surface area contributed by atoms with Crippen LogP contribution in [-0.2, 0) is 11.2 Å². The number of carbonyl (C=O) groups excluding carboxylic acids is 1. The standard InChI is InChI=1S/C16H23N3O/c1-3-12-6-4-10(2)19(12)15-9-14-11(8-13(15)17)5-7-16(20)18-14/h8-10,12H,3-7,17H2,1-2H3,(H,18,20). The maximum atomic E-state index is 11.6. The first kappa shape index (κ1) is 13.3. The van der Waals surface area contributed by atoms with Crippen LogP contribution in [-0.4, -0.2) is 18.0 Å². The molecule has 0 radical (unpaired) electrons. The van der Waals surface area contributed by atoms with E-state index in [-0.39, 0.29) is 5.91 Å². The summed E-state index contributed by atoms with van der Waals surface area (Å²) in [5, 5.41) is 2.98.